The van der Waals surface area contributed by atoms with E-state index < -0.39 is 5.97 Å². The number of anilines is 1. The van der Waals surface area contributed by atoms with Gasteiger partial charge in [-0.05, 0) is 42.9 Å². The highest BCUT2D eigenvalue weighted by Crippen LogP contribution is 2.40. The maximum atomic E-state index is 10.9. The molecule has 2 atom stereocenters. The van der Waals surface area contributed by atoms with Gasteiger partial charge >= 0.3 is 5.97 Å². The van der Waals surface area contributed by atoms with Crippen LogP contribution in [-0.2, 0) is 0 Å². The van der Waals surface area contributed by atoms with Gasteiger partial charge in [0, 0.05) is 18.8 Å². The molecule has 3 nitrogen and oxygen atoms in total. The largest absolute Gasteiger partial charge is 0.478 e. The van der Waals surface area contributed by atoms with E-state index in [1.807, 2.05) is 6.07 Å². The summed E-state index contributed by atoms with van der Waals surface area (Å²) in [4.78, 5) is 13.3. The quantitative estimate of drug-likeness (QED) is 0.892. The summed E-state index contributed by atoms with van der Waals surface area (Å²) in [5, 5.41) is 9.29. The van der Waals surface area contributed by atoms with Crippen molar-refractivity contribution in [2.24, 2.45) is 11.8 Å². The summed E-state index contributed by atoms with van der Waals surface area (Å²) in [6, 6.07) is 5.26. The average molecular weight is 266 g/mol. The lowest BCUT2D eigenvalue weighted by Crippen LogP contribution is -2.20. The van der Waals surface area contributed by atoms with Crippen LogP contribution in [0.4, 0.5) is 5.69 Å². The third-order valence-corrected chi connectivity index (χ3v) is 4.59. The molecule has 1 saturated carbocycles. The Labute approximate surface area is 111 Å². The molecule has 96 valence electrons. The molecule has 1 heterocycles. The van der Waals surface area contributed by atoms with Gasteiger partial charge in [-0.1, -0.05) is 18.0 Å². The van der Waals surface area contributed by atoms with Crippen molar-refractivity contribution in [1.29, 1.82) is 0 Å². The SMILES string of the molecule is O=C(O)c1ccc(N2CC3CCCC3C2)cc1Cl. The van der Waals surface area contributed by atoms with Gasteiger partial charge in [-0.2, -0.15) is 0 Å². The second-order valence-corrected chi connectivity index (χ2v) is 5.73. The Balaban J connectivity index is 1.81. The number of carboxylic acid groups (broad SMARTS) is 1. The normalized spacial score (nSPS) is 26.4. The van der Waals surface area contributed by atoms with Crippen molar-refractivity contribution >= 4 is 23.3 Å². The van der Waals surface area contributed by atoms with Gasteiger partial charge in [0.15, 0.2) is 0 Å². The first kappa shape index (κ1) is 11.8. The van der Waals surface area contributed by atoms with Gasteiger partial charge in [0.25, 0.3) is 0 Å². The molecule has 1 aliphatic heterocycles. The first-order valence-corrected chi connectivity index (χ1v) is 6.81. The highest BCUT2D eigenvalue weighted by Gasteiger charge is 2.36. The van der Waals surface area contributed by atoms with Crippen LogP contribution in [0, 0.1) is 11.8 Å². The summed E-state index contributed by atoms with van der Waals surface area (Å²) in [6.45, 7) is 2.18. The fourth-order valence-electron chi connectivity index (χ4n) is 3.32. The fraction of sp³-hybridized carbons (Fsp3) is 0.500. The number of hydrogen-bond acceptors (Lipinski definition) is 2. The Morgan fingerprint density at radius 2 is 1.94 bits per heavy atom. The number of carbonyl (C=O) groups is 1. The number of rotatable bonds is 2. The van der Waals surface area contributed by atoms with Crippen molar-refractivity contribution in [3.8, 4) is 0 Å². The maximum Gasteiger partial charge on any atom is 0.337 e. The van der Waals surface area contributed by atoms with E-state index in [9.17, 15) is 4.79 Å². The van der Waals surface area contributed by atoms with Crippen LogP contribution in [0.1, 0.15) is 29.6 Å². The summed E-state index contributed by atoms with van der Waals surface area (Å²) in [5.74, 6) is 0.677. The van der Waals surface area contributed by atoms with Crippen molar-refractivity contribution in [2.45, 2.75) is 19.3 Å². The van der Waals surface area contributed by atoms with E-state index in [1.165, 1.54) is 19.3 Å². The van der Waals surface area contributed by atoms with Crippen molar-refractivity contribution in [2.75, 3.05) is 18.0 Å². The molecular weight excluding hydrogens is 250 g/mol. The van der Waals surface area contributed by atoms with Gasteiger partial charge in [-0.15, -0.1) is 0 Å². The van der Waals surface area contributed by atoms with Crippen LogP contribution in [0.2, 0.25) is 5.02 Å². The molecule has 0 aromatic heterocycles. The highest BCUT2D eigenvalue weighted by molar-refractivity contribution is 6.33. The first-order chi connectivity index (χ1) is 8.65. The third-order valence-electron chi connectivity index (χ3n) is 4.27. The monoisotopic (exact) mass is 265 g/mol. The van der Waals surface area contributed by atoms with E-state index in [1.54, 1.807) is 12.1 Å². The van der Waals surface area contributed by atoms with Gasteiger partial charge in [0.2, 0.25) is 0 Å². The standard InChI is InChI=1S/C14H16ClNO2/c15-13-6-11(4-5-12(13)14(17)18)16-7-9-2-1-3-10(9)8-16/h4-6,9-10H,1-3,7-8H2,(H,17,18). The summed E-state index contributed by atoms with van der Waals surface area (Å²) in [7, 11) is 0. The molecule has 1 aromatic carbocycles. The number of carboxylic acids is 1. The average Bonchev–Trinajstić information content (AvgIpc) is 2.87. The van der Waals surface area contributed by atoms with E-state index in [4.69, 9.17) is 16.7 Å². The molecule has 0 amide bonds. The van der Waals surface area contributed by atoms with Gasteiger partial charge < -0.3 is 10.0 Å². The van der Waals surface area contributed by atoms with Gasteiger partial charge in [0.1, 0.15) is 0 Å². The van der Waals surface area contributed by atoms with E-state index in [0.717, 1.165) is 30.6 Å². The Bertz CT molecular complexity index is 477. The molecule has 0 radical (unpaired) electrons. The van der Waals surface area contributed by atoms with Crippen LogP contribution in [0.15, 0.2) is 18.2 Å². The van der Waals surface area contributed by atoms with Gasteiger partial charge in [-0.25, -0.2) is 4.79 Å². The third kappa shape index (κ3) is 1.97. The topological polar surface area (TPSA) is 40.5 Å². The molecule has 2 fully saturated rings. The zero-order chi connectivity index (χ0) is 12.7. The number of aromatic carboxylic acids is 1. The molecule has 3 rings (SSSR count). The van der Waals surface area contributed by atoms with Gasteiger partial charge in [-0.3, -0.25) is 0 Å². The molecule has 2 unspecified atom stereocenters. The fourth-order valence-corrected chi connectivity index (χ4v) is 3.58. The Morgan fingerprint density at radius 3 is 2.50 bits per heavy atom. The Hall–Kier alpha value is -1.22. The van der Waals surface area contributed by atoms with Crippen LogP contribution in [0.3, 0.4) is 0 Å². The number of fused-ring (bicyclic) bond motifs is 1. The molecule has 1 aromatic rings. The zero-order valence-corrected chi connectivity index (χ0v) is 10.9. The molecular formula is C14H16ClNO2. The summed E-state index contributed by atoms with van der Waals surface area (Å²) in [5.41, 5.74) is 1.24. The number of halogens is 1. The van der Waals surface area contributed by atoms with Crippen LogP contribution in [0.5, 0.6) is 0 Å². The summed E-state index contributed by atoms with van der Waals surface area (Å²) >= 11 is 6.02. The van der Waals surface area contributed by atoms with E-state index in [2.05, 4.69) is 4.90 Å². The van der Waals surface area contributed by atoms with Crippen molar-refractivity contribution in [1.82, 2.24) is 0 Å². The number of nitrogens with zero attached hydrogens (tertiary/aromatic N) is 1. The Morgan fingerprint density at radius 1 is 1.28 bits per heavy atom. The smallest absolute Gasteiger partial charge is 0.337 e. The van der Waals surface area contributed by atoms with Crippen LogP contribution < -0.4 is 4.90 Å². The maximum absolute atomic E-state index is 10.9. The van der Waals surface area contributed by atoms with Crippen molar-refractivity contribution in [3.05, 3.63) is 28.8 Å². The molecule has 0 spiro atoms. The second kappa shape index (κ2) is 4.47. The first-order valence-electron chi connectivity index (χ1n) is 6.43. The minimum Gasteiger partial charge on any atom is -0.478 e. The minimum absolute atomic E-state index is 0.180. The molecule has 2 aliphatic rings. The van der Waals surface area contributed by atoms with Crippen LogP contribution >= 0.6 is 11.6 Å². The van der Waals surface area contributed by atoms with Crippen molar-refractivity contribution in [3.63, 3.8) is 0 Å². The van der Waals surface area contributed by atoms with Crippen LogP contribution in [0.25, 0.3) is 0 Å². The van der Waals surface area contributed by atoms with E-state index in [0.29, 0.717) is 5.02 Å². The number of benzene rings is 1. The predicted molar refractivity (Wildman–Crippen MR) is 71.5 cm³/mol. The predicted octanol–water partition coefficient (Wildman–Crippen LogP) is 3.27. The van der Waals surface area contributed by atoms with E-state index >= 15 is 0 Å². The molecule has 0 bridgehead atoms. The van der Waals surface area contributed by atoms with Gasteiger partial charge in [0.05, 0.1) is 10.6 Å². The zero-order valence-electron chi connectivity index (χ0n) is 10.1. The Kier molecular flexibility index (Phi) is 2.94. The molecule has 18 heavy (non-hydrogen) atoms. The lowest BCUT2D eigenvalue weighted by Gasteiger charge is -2.20. The molecule has 1 saturated heterocycles. The molecule has 4 heteroatoms. The summed E-state index contributed by atoms with van der Waals surface area (Å²) < 4.78 is 0. The van der Waals surface area contributed by atoms with Crippen molar-refractivity contribution < 1.29 is 9.90 Å². The number of hydrogen-bond donors (Lipinski definition) is 1. The van der Waals surface area contributed by atoms with E-state index in [-0.39, 0.29) is 5.56 Å². The van der Waals surface area contributed by atoms with Crippen LogP contribution in [-0.4, -0.2) is 24.2 Å². The lowest BCUT2D eigenvalue weighted by atomic mass is 10.0. The molecule has 1 N–H and O–H groups in total. The summed E-state index contributed by atoms with van der Waals surface area (Å²) in [6.07, 6.45) is 4.03. The minimum atomic E-state index is -0.968. The lowest BCUT2D eigenvalue weighted by molar-refractivity contribution is 0.0697. The highest BCUT2D eigenvalue weighted by atomic mass is 35.5. The second-order valence-electron chi connectivity index (χ2n) is 5.33. The molecule has 1 aliphatic carbocycles.